The number of aryl methyl sites for hydroxylation is 1. The van der Waals surface area contributed by atoms with Gasteiger partial charge in [-0.15, -0.1) is 0 Å². The first kappa shape index (κ1) is 16.9. The Bertz CT molecular complexity index is 1060. The summed E-state index contributed by atoms with van der Waals surface area (Å²) in [6.07, 6.45) is 1.64. The first-order valence-electron chi connectivity index (χ1n) is 8.28. The van der Waals surface area contributed by atoms with Gasteiger partial charge in [-0.1, -0.05) is 22.4 Å². The minimum absolute atomic E-state index is 0.199. The summed E-state index contributed by atoms with van der Waals surface area (Å²) in [5.41, 5.74) is 1.78. The molecule has 0 saturated heterocycles. The van der Waals surface area contributed by atoms with Crippen molar-refractivity contribution in [2.24, 2.45) is 0 Å². The third kappa shape index (κ3) is 3.55. The van der Waals surface area contributed by atoms with Gasteiger partial charge >= 0.3 is 0 Å². The van der Waals surface area contributed by atoms with Crippen LogP contribution in [0, 0.1) is 12.7 Å². The highest BCUT2D eigenvalue weighted by Crippen LogP contribution is 2.24. The summed E-state index contributed by atoms with van der Waals surface area (Å²) < 4.78 is 24.3. The number of aromatic nitrogens is 4. The second kappa shape index (κ2) is 6.99. The van der Waals surface area contributed by atoms with E-state index in [1.807, 2.05) is 37.1 Å². The Hall–Kier alpha value is -3.55. The van der Waals surface area contributed by atoms with Crippen LogP contribution in [0.15, 0.2) is 57.7 Å². The average Bonchev–Trinajstić information content (AvgIpc) is 3.31. The molecule has 0 amide bonds. The average molecular weight is 365 g/mol. The molecular formula is C19H16FN5O2. The van der Waals surface area contributed by atoms with Crippen molar-refractivity contribution in [1.29, 1.82) is 0 Å². The van der Waals surface area contributed by atoms with Crippen LogP contribution in [0.3, 0.4) is 0 Å². The number of hydrogen-bond donors (Lipinski definition) is 0. The van der Waals surface area contributed by atoms with Crippen LogP contribution in [0.4, 0.5) is 10.2 Å². The standard InChI is InChI=1S/C19H16FN5O2/c1-12-9-14(26-23-12)11-25(2)17-8-7-13(10-21-17)19-22-18(24-27-19)15-5-3-4-6-16(15)20/h3-10H,11H2,1-2H3. The molecule has 0 atom stereocenters. The zero-order valence-electron chi connectivity index (χ0n) is 14.8. The summed E-state index contributed by atoms with van der Waals surface area (Å²) in [6, 6.07) is 11.8. The number of anilines is 1. The molecule has 0 aliphatic carbocycles. The van der Waals surface area contributed by atoms with Crippen molar-refractivity contribution in [2.75, 3.05) is 11.9 Å². The van der Waals surface area contributed by atoms with E-state index in [1.54, 1.807) is 24.4 Å². The fraction of sp³-hybridized carbons (Fsp3) is 0.158. The summed E-state index contributed by atoms with van der Waals surface area (Å²) in [5, 5.41) is 7.73. The molecule has 4 rings (SSSR count). The lowest BCUT2D eigenvalue weighted by molar-refractivity contribution is 0.379. The first-order valence-corrected chi connectivity index (χ1v) is 8.28. The topological polar surface area (TPSA) is 81.1 Å². The summed E-state index contributed by atoms with van der Waals surface area (Å²) in [6.45, 7) is 2.42. The quantitative estimate of drug-likeness (QED) is 0.531. The van der Waals surface area contributed by atoms with E-state index in [4.69, 9.17) is 9.05 Å². The van der Waals surface area contributed by atoms with Crippen LogP contribution < -0.4 is 4.90 Å². The Kier molecular flexibility index (Phi) is 4.37. The molecule has 0 radical (unpaired) electrons. The monoisotopic (exact) mass is 365 g/mol. The predicted molar refractivity (Wildman–Crippen MR) is 96.3 cm³/mol. The van der Waals surface area contributed by atoms with Gasteiger partial charge in [-0.2, -0.15) is 4.98 Å². The molecule has 0 unspecified atom stereocenters. The molecule has 0 bridgehead atoms. The second-order valence-electron chi connectivity index (χ2n) is 6.10. The van der Waals surface area contributed by atoms with Crippen molar-refractivity contribution < 1.29 is 13.4 Å². The van der Waals surface area contributed by atoms with Crippen LogP contribution in [0.1, 0.15) is 11.5 Å². The summed E-state index contributed by atoms with van der Waals surface area (Å²) in [7, 11) is 1.91. The molecule has 8 heteroatoms. The van der Waals surface area contributed by atoms with E-state index < -0.39 is 5.82 Å². The van der Waals surface area contributed by atoms with E-state index in [-0.39, 0.29) is 11.7 Å². The predicted octanol–water partition coefficient (Wildman–Crippen LogP) is 3.87. The second-order valence-corrected chi connectivity index (χ2v) is 6.10. The Morgan fingerprint density at radius 2 is 1.93 bits per heavy atom. The molecule has 0 aliphatic rings. The lowest BCUT2D eigenvalue weighted by Gasteiger charge is -2.16. The molecule has 0 saturated carbocycles. The minimum atomic E-state index is -0.400. The summed E-state index contributed by atoms with van der Waals surface area (Å²) in [5.74, 6) is 1.59. The van der Waals surface area contributed by atoms with E-state index in [9.17, 15) is 4.39 Å². The zero-order chi connectivity index (χ0) is 18.8. The molecule has 7 nitrogen and oxygen atoms in total. The molecule has 0 aliphatic heterocycles. The van der Waals surface area contributed by atoms with E-state index in [0.29, 0.717) is 17.7 Å². The van der Waals surface area contributed by atoms with Crippen LogP contribution >= 0.6 is 0 Å². The molecule has 0 N–H and O–H groups in total. The van der Waals surface area contributed by atoms with E-state index in [1.165, 1.54) is 6.07 Å². The summed E-state index contributed by atoms with van der Waals surface area (Å²) >= 11 is 0. The van der Waals surface area contributed by atoms with Gasteiger partial charge < -0.3 is 13.9 Å². The lowest BCUT2D eigenvalue weighted by atomic mass is 10.2. The van der Waals surface area contributed by atoms with Gasteiger partial charge in [0.05, 0.1) is 23.4 Å². The smallest absolute Gasteiger partial charge is 0.259 e. The Balaban J connectivity index is 1.52. The van der Waals surface area contributed by atoms with Gasteiger partial charge in [0, 0.05) is 19.3 Å². The van der Waals surface area contributed by atoms with Crippen LogP contribution in [0.2, 0.25) is 0 Å². The lowest BCUT2D eigenvalue weighted by Crippen LogP contribution is -2.17. The fourth-order valence-corrected chi connectivity index (χ4v) is 2.64. The number of hydrogen-bond acceptors (Lipinski definition) is 7. The molecule has 27 heavy (non-hydrogen) atoms. The van der Waals surface area contributed by atoms with Gasteiger partial charge in [0.15, 0.2) is 5.76 Å². The van der Waals surface area contributed by atoms with Crippen LogP contribution in [-0.4, -0.2) is 27.3 Å². The highest BCUT2D eigenvalue weighted by molar-refractivity contribution is 5.60. The number of rotatable bonds is 5. The van der Waals surface area contributed by atoms with Crippen molar-refractivity contribution in [3.05, 3.63) is 65.9 Å². The van der Waals surface area contributed by atoms with E-state index >= 15 is 0 Å². The first-order chi connectivity index (χ1) is 13.1. The number of benzene rings is 1. The Morgan fingerprint density at radius 3 is 2.63 bits per heavy atom. The van der Waals surface area contributed by atoms with Crippen molar-refractivity contribution in [3.8, 4) is 22.8 Å². The molecular weight excluding hydrogens is 349 g/mol. The molecule has 3 aromatic heterocycles. The Labute approximate surface area is 154 Å². The van der Waals surface area contributed by atoms with Gasteiger partial charge in [-0.3, -0.25) is 0 Å². The van der Waals surface area contributed by atoms with Crippen molar-refractivity contribution in [3.63, 3.8) is 0 Å². The molecule has 4 aromatic rings. The fourth-order valence-electron chi connectivity index (χ4n) is 2.64. The maximum Gasteiger partial charge on any atom is 0.259 e. The van der Waals surface area contributed by atoms with Gasteiger partial charge in [-0.05, 0) is 31.2 Å². The zero-order valence-corrected chi connectivity index (χ0v) is 14.8. The highest BCUT2D eigenvalue weighted by atomic mass is 19.1. The van der Waals surface area contributed by atoms with Crippen LogP contribution in [0.25, 0.3) is 22.8 Å². The van der Waals surface area contributed by atoms with Crippen LogP contribution in [-0.2, 0) is 6.54 Å². The summed E-state index contributed by atoms with van der Waals surface area (Å²) in [4.78, 5) is 10.6. The van der Waals surface area contributed by atoms with Crippen molar-refractivity contribution in [2.45, 2.75) is 13.5 Å². The number of nitrogens with zero attached hydrogens (tertiary/aromatic N) is 5. The SMILES string of the molecule is Cc1cc(CN(C)c2ccc(-c3nc(-c4ccccc4F)no3)cn2)on1. The van der Waals surface area contributed by atoms with Gasteiger partial charge in [0.1, 0.15) is 11.6 Å². The van der Waals surface area contributed by atoms with Gasteiger partial charge in [0.25, 0.3) is 5.89 Å². The molecule has 1 aromatic carbocycles. The third-order valence-corrected chi connectivity index (χ3v) is 4.00. The number of pyridine rings is 1. The number of halogens is 1. The normalized spacial score (nSPS) is 10.9. The van der Waals surface area contributed by atoms with Crippen molar-refractivity contribution in [1.82, 2.24) is 20.3 Å². The minimum Gasteiger partial charge on any atom is -0.359 e. The van der Waals surface area contributed by atoms with E-state index in [2.05, 4.69) is 20.3 Å². The Morgan fingerprint density at radius 1 is 1.07 bits per heavy atom. The molecule has 3 heterocycles. The molecule has 136 valence electrons. The molecule has 0 spiro atoms. The molecule has 0 fully saturated rings. The third-order valence-electron chi connectivity index (χ3n) is 4.00. The van der Waals surface area contributed by atoms with Gasteiger partial charge in [0.2, 0.25) is 5.82 Å². The van der Waals surface area contributed by atoms with E-state index in [0.717, 1.165) is 17.3 Å². The van der Waals surface area contributed by atoms with Crippen LogP contribution in [0.5, 0.6) is 0 Å². The maximum atomic E-state index is 13.9. The maximum absolute atomic E-state index is 13.9. The van der Waals surface area contributed by atoms with Crippen molar-refractivity contribution >= 4 is 5.82 Å². The highest BCUT2D eigenvalue weighted by Gasteiger charge is 2.14. The van der Waals surface area contributed by atoms with Gasteiger partial charge in [-0.25, -0.2) is 9.37 Å². The largest absolute Gasteiger partial charge is 0.359 e.